The van der Waals surface area contributed by atoms with Crippen LogP contribution >= 0.6 is 0 Å². The van der Waals surface area contributed by atoms with Gasteiger partial charge in [-0.05, 0) is 5.92 Å². The van der Waals surface area contributed by atoms with Crippen LogP contribution in [0.15, 0.2) is 6.33 Å². The number of hydrogen-bond donors (Lipinski definition) is 1. The van der Waals surface area contributed by atoms with Crippen LogP contribution in [-0.2, 0) is 6.42 Å². The number of hydrogen-bond acceptors (Lipinski definition) is 2. The minimum atomic E-state index is 0.640. The van der Waals surface area contributed by atoms with Gasteiger partial charge in [-0.2, -0.15) is 5.10 Å². The van der Waals surface area contributed by atoms with Crippen LogP contribution in [0.4, 0.5) is 0 Å². The Morgan fingerprint density at radius 3 is 2.89 bits per heavy atom. The van der Waals surface area contributed by atoms with E-state index in [0.29, 0.717) is 5.92 Å². The molecule has 0 atom stereocenters. The third-order valence-electron chi connectivity index (χ3n) is 1.06. The van der Waals surface area contributed by atoms with E-state index in [2.05, 4.69) is 29.0 Å². The highest BCUT2D eigenvalue weighted by Gasteiger charge is 1.98. The Morgan fingerprint density at radius 2 is 2.44 bits per heavy atom. The van der Waals surface area contributed by atoms with Crippen molar-refractivity contribution < 1.29 is 0 Å². The normalized spacial score (nSPS) is 10.6. The highest BCUT2D eigenvalue weighted by Crippen LogP contribution is 1.99. The first kappa shape index (κ1) is 6.26. The summed E-state index contributed by atoms with van der Waals surface area (Å²) in [7, 11) is 0. The summed E-state index contributed by atoms with van der Waals surface area (Å²) in [6.45, 7) is 4.30. The molecule has 1 aromatic heterocycles. The topological polar surface area (TPSA) is 41.6 Å². The average Bonchev–Trinajstić information content (AvgIpc) is 2.15. The van der Waals surface area contributed by atoms with E-state index < -0.39 is 0 Å². The molecule has 0 bridgehead atoms. The quantitative estimate of drug-likeness (QED) is 0.640. The molecule has 1 heterocycles. The van der Waals surface area contributed by atoms with Gasteiger partial charge in [0.15, 0.2) is 5.82 Å². The first-order chi connectivity index (χ1) is 4.29. The summed E-state index contributed by atoms with van der Waals surface area (Å²) in [5.41, 5.74) is 0. The van der Waals surface area contributed by atoms with E-state index in [0.717, 1.165) is 12.2 Å². The van der Waals surface area contributed by atoms with Crippen molar-refractivity contribution in [2.45, 2.75) is 20.3 Å². The molecule has 0 unspecified atom stereocenters. The van der Waals surface area contributed by atoms with Crippen molar-refractivity contribution in [2.24, 2.45) is 5.92 Å². The second-order valence-corrected chi connectivity index (χ2v) is 2.51. The highest BCUT2D eigenvalue weighted by molar-refractivity contribution is 4.80. The van der Waals surface area contributed by atoms with E-state index in [1.54, 1.807) is 6.33 Å². The standard InChI is InChI=1S/C6H11N3/c1-5(2)3-6-7-4-8-9-6/h4-5H,3H2,1-2H3,(H,7,8,9). The lowest BCUT2D eigenvalue weighted by Gasteiger charge is -1.96. The molecule has 0 saturated carbocycles. The number of rotatable bonds is 2. The summed E-state index contributed by atoms with van der Waals surface area (Å²) in [5, 5.41) is 6.59. The summed E-state index contributed by atoms with van der Waals surface area (Å²) < 4.78 is 0. The molecule has 0 aliphatic rings. The van der Waals surface area contributed by atoms with E-state index in [1.165, 1.54) is 0 Å². The molecule has 1 N–H and O–H groups in total. The second kappa shape index (κ2) is 2.62. The van der Waals surface area contributed by atoms with Gasteiger partial charge in [0.05, 0.1) is 0 Å². The van der Waals surface area contributed by atoms with Gasteiger partial charge in [-0.25, -0.2) is 4.98 Å². The van der Waals surface area contributed by atoms with Crippen molar-refractivity contribution in [3.8, 4) is 0 Å². The zero-order valence-corrected chi connectivity index (χ0v) is 5.76. The summed E-state index contributed by atoms with van der Waals surface area (Å²) in [6.07, 6.45) is 2.57. The molecule has 1 aromatic rings. The molecule has 0 spiro atoms. The Hall–Kier alpha value is -0.860. The Kier molecular flexibility index (Phi) is 1.82. The molecule has 9 heavy (non-hydrogen) atoms. The molecule has 0 amide bonds. The van der Waals surface area contributed by atoms with Crippen LogP contribution in [0.2, 0.25) is 0 Å². The van der Waals surface area contributed by atoms with Crippen LogP contribution in [0.3, 0.4) is 0 Å². The Balaban J connectivity index is 2.48. The molecule has 0 aliphatic carbocycles. The van der Waals surface area contributed by atoms with Crippen LogP contribution in [0, 0.1) is 5.92 Å². The second-order valence-electron chi connectivity index (χ2n) is 2.51. The van der Waals surface area contributed by atoms with Crippen LogP contribution in [-0.4, -0.2) is 15.2 Å². The predicted octanol–water partition coefficient (Wildman–Crippen LogP) is 1.00. The molecule has 0 radical (unpaired) electrons. The number of nitrogens with zero attached hydrogens (tertiary/aromatic N) is 2. The first-order valence-electron chi connectivity index (χ1n) is 3.13. The van der Waals surface area contributed by atoms with Gasteiger partial charge in [0.25, 0.3) is 0 Å². The predicted molar refractivity (Wildman–Crippen MR) is 34.9 cm³/mol. The van der Waals surface area contributed by atoms with Gasteiger partial charge in [0.2, 0.25) is 0 Å². The number of H-pyrrole nitrogens is 1. The van der Waals surface area contributed by atoms with Crippen LogP contribution in [0.1, 0.15) is 19.7 Å². The lowest BCUT2D eigenvalue weighted by molar-refractivity contribution is 0.622. The number of aromatic nitrogens is 3. The van der Waals surface area contributed by atoms with Crippen molar-refractivity contribution in [1.82, 2.24) is 15.2 Å². The van der Waals surface area contributed by atoms with Crippen molar-refractivity contribution in [3.05, 3.63) is 12.2 Å². The Labute approximate surface area is 54.5 Å². The zero-order chi connectivity index (χ0) is 6.69. The smallest absolute Gasteiger partial charge is 0.150 e. The van der Waals surface area contributed by atoms with Gasteiger partial charge in [-0.1, -0.05) is 13.8 Å². The lowest BCUT2D eigenvalue weighted by Crippen LogP contribution is -1.95. The molecule has 50 valence electrons. The number of aromatic amines is 1. The van der Waals surface area contributed by atoms with Gasteiger partial charge in [-0.3, -0.25) is 5.10 Å². The fourth-order valence-corrected chi connectivity index (χ4v) is 0.699. The largest absolute Gasteiger partial charge is 0.266 e. The maximum absolute atomic E-state index is 3.99. The monoisotopic (exact) mass is 125 g/mol. The molecule has 0 saturated heterocycles. The zero-order valence-electron chi connectivity index (χ0n) is 5.76. The van der Waals surface area contributed by atoms with E-state index >= 15 is 0 Å². The van der Waals surface area contributed by atoms with Crippen molar-refractivity contribution in [3.63, 3.8) is 0 Å². The molecule has 0 aliphatic heterocycles. The Morgan fingerprint density at radius 1 is 1.67 bits per heavy atom. The van der Waals surface area contributed by atoms with E-state index in [1.807, 2.05) is 0 Å². The van der Waals surface area contributed by atoms with Crippen LogP contribution < -0.4 is 0 Å². The summed E-state index contributed by atoms with van der Waals surface area (Å²) >= 11 is 0. The minimum Gasteiger partial charge on any atom is -0.266 e. The minimum absolute atomic E-state index is 0.640. The number of nitrogens with one attached hydrogen (secondary N) is 1. The van der Waals surface area contributed by atoms with Crippen molar-refractivity contribution >= 4 is 0 Å². The summed E-state index contributed by atoms with van der Waals surface area (Å²) in [5.74, 6) is 1.55. The van der Waals surface area contributed by atoms with Crippen molar-refractivity contribution in [2.75, 3.05) is 0 Å². The first-order valence-corrected chi connectivity index (χ1v) is 3.13. The fraction of sp³-hybridized carbons (Fsp3) is 0.667. The van der Waals surface area contributed by atoms with Gasteiger partial charge >= 0.3 is 0 Å². The Bertz CT molecular complexity index is 155. The molecular formula is C6H11N3. The molecule has 0 aromatic carbocycles. The van der Waals surface area contributed by atoms with E-state index in [9.17, 15) is 0 Å². The van der Waals surface area contributed by atoms with Crippen LogP contribution in [0.25, 0.3) is 0 Å². The molecule has 3 heteroatoms. The summed E-state index contributed by atoms with van der Waals surface area (Å²) in [6, 6.07) is 0. The van der Waals surface area contributed by atoms with Crippen molar-refractivity contribution in [1.29, 1.82) is 0 Å². The lowest BCUT2D eigenvalue weighted by atomic mass is 10.1. The SMILES string of the molecule is CC(C)Cc1nc[nH]n1. The molecule has 0 fully saturated rings. The summed E-state index contributed by atoms with van der Waals surface area (Å²) in [4.78, 5) is 3.99. The van der Waals surface area contributed by atoms with Gasteiger partial charge < -0.3 is 0 Å². The van der Waals surface area contributed by atoms with Gasteiger partial charge in [0, 0.05) is 6.42 Å². The third-order valence-corrected chi connectivity index (χ3v) is 1.06. The maximum atomic E-state index is 3.99. The highest BCUT2D eigenvalue weighted by atomic mass is 15.2. The van der Waals surface area contributed by atoms with E-state index in [-0.39, 0.29) is 0 Å². The molecule has 3 nitrogen and oxygen atoms in total. The van der Waals surface area contributed by atoms with E-state index in [4.69, 9.17) is 0 Å². The fourth-order valence-electron chi connectivity index (χ4n) is 0.699. The molecule has 1 rings (SSSR count). The maximum Gasteiger partial charge on any atom is 0.150 e. The van der Waals surface area contributed by atoms with Crippen LogP contribution in [0.5, 0.6) is 0 Å². The van der Waals surface area contributed by atoms with Gasteiger partial charge in [0.1, 0.15) is 6.33 Å². The molecular weight excluding hydrogens is 114 g/mol. The van der Waals surface area contributed by atoms with Gasteiger partial charge in [-0.15, -0.1) is 0 Å². The average molecular weight is 125 g/mol. The third kappa shape index (κ3) is 1.83.